The number of rotatable bonds is 6. The van der Waals surface area contributed by atoms with Crippen molar-refractivity contribution < 1.29 is 22.8 Å². The molecule has 5 nitrogen and oxygen atoms in total. The molecule has 1 heterocycles. The van der Waals surface area contributed by atoms with Crippen LogP contribution in [-0.4, -0.2) is 16.7 Å². The molecule has 0 fully saturated rings. The average Bonchev–Trinajstić information content (AvgIpc) is 2.68. The number of hydrogen-bond acceptors (Lipinski definition) is 4. The number of amides is 1. The van der Waals surface area contributed by atoms with Gasteiger partial charge in [0.25, 0.3) is 0 Å². The molecule has 3 atom stereocenters. The lowest BCUT2D eigenvalue weighted by atomic mass is 9.76. The predicted octanol–water partition coefficient (Wildman–Crippen LogP) is 4.56. The maximum atomic E-state index is 12.9. The normalized spacial score (nSPS) is 14.4. The van der Waals surface area contributed by atoms with Gasteiger partial charge in [0.1, 0.15) is 5.78 Å². The van der Waals surface area contributed by atoms with E-state index in [0.29, 0.717) is 17.3 Å². The number of Topliss-reactive ketones (excluding diaryl/α,β-unsaturated/α-hetero) is 1. The summed E-state index contributed by atoms with van der Waals surface area (Å²) in [6.45, 7) is 4.72. The molecule has 0 saturated heterocycles. The Balaban J connectivity index is 2.30. The number of aromatic nitrogens is 1. The van der Waals surface area contributed by atoms with Crippen molar-refractivity contribution >= 4 is 17.4 Å². The monoisotopic (exact) mass is 403 g/mol. The summed E-state index contributed by atoms with van der Waals surface area (Å²) in [5.74, 6) is -2.41. The molecular formula is C21H20F3N3O2. The van der Waals surface area contributed by atoms with Gasteiger partial charge < -0.3 is 5.32 Å². The van der Waals surface area contributed by atoms with Crippen molar-refractivity contribution in [3.63, 3.8) is 0 Å². The first-order valence-electron chi connectivity index (χ1n) is 8.88. The van der Waals surface area contributed by atoms with Crippen LogP contribution >= 0.6 is 0 Å². The van der Waals surface area contributed by atoms with Crippen molar-refractivity contribution in [3.05, 3.63) is 59.4 Å². The number of hydrogen-bond donors (Lipinski definition) is 1. The topological polar surface area (TPSA) is 82.8 Å². The van der Waals surface area contributed by atoms with Crippen molar-refractivity contribution in [1.29, 1.82) is 5.26 Å². The quantitative estimate of drug-likeness (QED) is 0.767. The summed E-state index contributed by atoms with van der Waals surface area (Å²) in [5.41, 5.74) is 0.0843. The zero-order chi connectivity index (χ0) is 21.8. The van der Waals surface area contributed by atoms with Crippen LogP contribution in [0.3, 0.4) is 0 Å². The van der Waals surface area contributed by atoms with Gasteiger partial charge in [0.2, 0.25) is 5.91 Å². The molecule has 0 bridgehead atoms. The Hall–Kier alpha value is -3.21. The summed E-state index contributed by atoms with van der Waals surface area (Å²) in [6, 6.07) is 9.36. The Morgan fingerprint density at radius 2 is 1.72 bits per heavy atom. The lowest BCUT2D eigenvalue weighted by molar-refractivity contribution is -0.138. The highest BCUT2D eigenvalue weighted by molar-refractivity contribution is 5.93. The average molecular weight is 403 g/mol. The van der Waals surface area contributed by atoms with Crippen LogP contribution < -0.4 is 5.32 Å². The van der Waals surface area contributed by atoms with Crippen LogP contribution in [0.1, 0.15) is 43.4 Å². The third-order valence-electron chi connectivity index (χ3n) is 4.89. The fraction of sp³-hybridized carbons (Fsp3) is 0.333. The molecule has 1 aromatic heterocycles. The second-order valence-electron chi connectivity index (χ2n) is 6.90. The molecule has 0 aliphatic carbocycles. The van der Waals surface area contributed by atoms with Crippen molar-refractivity contribution in [2.45, 2.75) is 32.9 Å². The molecule has 1 aromatic carbocycles. The molecule has 0 radical (unpaired) electrons. The molecule has 0 saturated carbocycles. The molecule has 0 aliphatic rings. The number of nitrogens with zero attached hydrogens (tertiary/aromatic N) is 2. The summed E-state index contributed by atoms with van der Waals surface area (Å²) < 4.78 is 38.6. The van der Waals surface area contributed by atoms with E-state index in [2.05, 4.69) is 10.3 Å². The van der Waals surface area contributed by atoms with E-state index in [1.54, 1.807) is 38.1 Å². The number of halogens is 3. The molecule has 29 heavy (non-hydrogen) atoms. The Kier molecular flexibility index (Phi) is 6.75. The number of anilines is 1. The third kappa shape index (κ3) is 5.41. The number of benzene rings is 1. The Morgan fingerprint density at radius 3 is 2.24 bits per heavy atom. The van der Waals surface area contributed by atoms with Crippen LogP contribution in [0, 0.1) is 23.2 Å². The van der Waals surface area contributed by atoms with E-state index in [1.807, 2.05) is 6.07 Å². The molecule has 2 rings (SSSR count). The van der Waals surface area contributed by atoms with E-state index in [0.717, 1.165) is 12.3 Å². The molecule has 0 aliphatic heterocycles. The predicted molar refractivity (Wildman–Crippen MR) is 101 cm³/mol. The highest BCUT2D eigenvalue weighted by Crippen LogP contribution is 2.34. The highest BCUT2D eigenvalue weighted by Gasteiger charge is 2.34. The summed E-state index contributed by atoms with van der Waals surface area (Å²) in [6.07, 6.45) is -2.77. The molecule has 1 N–H and O–H groups in total. The minimum absolute atomic E-state index is 0.0780. The van der Waals surface area contributed by atoms with Gasteiger partial charge in [-0.05, 0) is 30.7 Å². The minimum Gasteiger partial charge on any atom is -0.324 e. The van der Waals surface area contributed by atoms with Crippen LogP contribution in [0.25, 0.3) is 0 Å². The maximum absolute atomic E-state index is 12.9. The number of carbonyl (C=O) groups excluding carboxylic acids is 2. The first-order valence-corrected chi connectivity index (χ1v) is 8.88. The molecule has 8 heteroatoms. The van der Waals surface area contributed by atoms with Gasteiger partial charge >= 0.3 is 6.18 Å². The van der Waals surface area contributed by atoms with Crippen molar-refractivity contribution in [3.8, 4) is 6.07 Å². The van der Waals surface area contributed by atoms with Gasteiger partial charge in [0.15, 0.2) is 0 Å². The van der Waals surface area contributed by atoms with Gasteiger partial charge in [-0.15, -0.1) is 0 Å². The molecule has 3 unspecified atom stereocenters. The Bertz CT molecular complexity index is 933. The summed E-state index contributed by atoms with van der Waals surface area (Å²) >= 11 is 0. The van der Waals surface area contributed by atoms with E-state index < -0.39 is 35.4 Å². The molecule has 0 spiro atoms. The first kappa shape index (κ1) is 22.1. The maximum Gasteiger partial charge on any atom is 0.417 e. The number of ketones is 1. The van der Waals surface area contributed by atoms with Crippen LogP contribution in [0.5, 0.6) is 0 Å². The standard InChI is InChI=1S/C21H20F3N3O2/c1-12(14(3)28)19(16-6-4-15(9-25)5-7-16)13(2)20(29)27-18-8-17(10-26-11-18)21(22,23)24/h4-8,10-13,19H,1-3H3,(H,27,29). The molecule has 152 valence electrons. The van der Waals surface area contributed by atoms with Crippen LogP contribution in [0.2, 0.25) is 0 Å². The lowest BCUT2D eigenvalue weighted by Crippen LogP contribution is -2.31. The number of pyridine rings is 1. The Morgan fingerprint density at radius 1 is 1.10 bits per heavy atom. The zero-order valence-electron chi connectivity index (χ0n) is 16.1. The number of nitrogens with one attached hydrogen (secondary N) is 1. The largest absolute Gasteiger partial charge is 0.417 e. The second-order valence-corrected chi connectivity index (χ2v) is 6.90. The van der Waals surface area contributed by atoms with Gasteiger partial charge in [-0.2, -0.15) is 18.4 Å². The van der Waals surface area contributed by atoms with Gasteiger partial charge in [-0.3, -0.25) is 14.6 Å². The van der Waals surface area contributed by atoms with E-state index in [9.17, 15) is 22.8 Å². The minimum atomic E-state index is -4.58. The Labute approximate surface area is 166 Å². The summed E-state index contributed by atoms with van der Waals surface area (Å²) in [4.78, 5) is 28.3. The van der Waals surface area contributed by atoms with Crippen LogP contribution in [0.4, 0.5) is 18.9 Å². The highest BCUT2D eigenvalue weighted by atomic mass is 19.4. The van der Waals surface area contributed by atoms with Gasteiger partial charge in [-0.1, -0.05) is 26.0 Å². The fourth-order valence-electron chi connectivity index (χ4n) is 3.13. The molecule has 2 aromatic rings. The smallest absolute Gasteiger partial charge is 0.324 e. The first-order chi connectivity index (χ1) is 13.5. The van der Waals surface area contributed by atoms with Crippen LogP contribution in [-0.2, 0) is 15.8 Å². The number of carbonyl (C=O) groups is 2. The fourth-order valence-corrected chi connectivity index (χ4v) is 3.13. The van der Waals surface area contributed by atoms with Gasteiger partial charge in [-0.25, -0.2) is 0 Å². The van der Waals surface area contributed by atoms with Crippen molar-refractivity contribution in [2.75, 3.05) is 5.32 Å². The van der Waals surface area contributed by atoms with E-state index in [-0.39, 0.29) is 11.5 Å². The summed E-state index contributed by atoms with van der Waals surface area (Å²) in [5, 5.41) is 11.4. The lowest BCUT2D eigenvalue weighted by Gasteiger charge is -2.28. The summed E-state index contributed by atoms with van der Waals surface area (Å²) in [7, 11) is 0. The van der Waals surface area contributed by atoms with E-state index in [4.69, 9.17) is 5.26 Å². The zero-order valence-corrected chi connectivity index (χ0v) is 16.1. The number of alkyl halides is 3. The molecular weight excluding hydrogens is 383 g/mol. The molecule has 1 amide bonds. The third-order valence-corrected chi connectivity index (χ3v) is 4.89. The van der Waals surface area contributed by atoms with Gasteiger partial charge in [0, 0.05) is 24.0 Å². The number of nitriles is 1. The van der Waals surface area contributed by atoms with Gasteiger partial charge in [0.05, 0.1) is 29.1 Å². The van der Waals surface area contributed by atoms with E-state index in [1.165, 1.54) is 6.92 Å². The second kappa shape index (κ2) is 8.86. The SMILES string of the molecule is CC(=O)C(C)C(c1ccc(C#N)cc1)C(C)C(=O)Nc1cncc(C(F)(F)F)c1. The van der Waals surface area contributed by atoms with Crippen LogP contribution in [0.15, 0.2) is 42.7 Å². The van der Waals surface area contributed by atoms with Crippen molar-refractivity contribution in [1.82, 2.24) is 4.98 Å². The van der Waals surface area contributed by atoms with Crippen molar-refractivity contribution in [2.24, 2.45) is 11.8 Å². The van der Waals surface area contributed by atoms with E-state index >= 15 is 0 Å².